The molecule has 0 spiro atoms. The van der Waals surface area contributed by atoms with E-state index < -0.39 is 0 Å². The van der Waals surface area contributed by atoms with Gasteiger partial charge in [0.2, 0.25) is 5.91 Å². The first-order chi connectivity index (χ1) is 13.5. The lowest BCUT2D eigenvalue weighted by molar-refractivity contribution is -0.117. The molecule has 3 aromatic rings. The number of nitrogens with one attached hydrogen (secondary N) is 1. The maximum absolute atomic E-state index is 12.9. The van der Waals surface area contributed by atoms with Crippen molar-refractivity contribution in [1.29, 1.82) is 0 Å². The molecule has 1 atom stereocenters. The van der Waals surface area contributed by atoms with Crippen LogP contribution >= 0.6 is 0 Å². The van der Waals surface area contributed by atoms with Gasteiger partial charge in [-0.25, -0.2) is 0 Å². The first-order valence-corrected chi connectivity index (χ1v) is 9.69. The van der Waals surface area contributed by atoms with Crippen molar-refractivity contribution < 1.29 is 9.32 Å². The number of benzene rings is 2. The minimum atomic E-state index is -0.327. The number of hydrogen-bond acceptors (Lipinski definition) is 4. The highest BCUT2D eigenvalue weighted by atomic mass is 16.5. The summed E-state index contributed by atoms with van der Waals surface area (Å²) >= 11 is 0. The van der Waals surface area contributed by atoms with Crippen molar-refractivity contribution >= 4 is 17.3 Å². The van der Waals surface area contributed by atoms with E-state index in [1.54, 1.807) is 0 Å². The van der Waals surface area contributed by atoms with Crippen molar-refractivity contribution in [3.8, 4) is 0 Å². The molecule has 0 radical (unpaired) electrons. The van der Waals surface area contributed by atoms with Gasteiger partial charge in [0.05, 0.1) is 11.6 Å². The van der Waals surface area contributed by atoms with Gasteiger partial charge in [0.15, 0.2) is 0 Å². The quantitative estimate of drug-likeness (QED) is 0.708. The Balaban J connectivity index is 1.53. The lowest BCUT2D eigenvalue weighted by Crippen LogP contribution is -2.23. The Bertz CT molecular complexity index is 989. The third kappa shape index (κ3) is 3.40. The Morgan fingerprint density at radius 3 is 2.71 bits per heavy atom. The molecule has 1 aliphatic rings. The van der Waals surface area contributed by atoms with Crippen LogP contribution < -0.4 is 10.2 Å². The van der Waals surface area contributed by atoms with E-state index >= 15 is 0 Å². The molecule has 0 saturated heterocycles. The Morgan fingerprint density at radius 2 is 1.93 bits per heavy atom. The topological polar surface area (TPSA) is 58.4 Å². The molecule has 5 nitrogen and oxygen atoms in total. The molecule has 144 valence electrons. The minimum Gasteiger partial charge on any atom is -0.367 e. The van der Waals surface area contributed by atoms with Crippen LogP contribution in [0.1, 0.15) is 41.0 Å². The Morgan fingerprint density at radius 1 is 1.18 bits per heavy atom. The molecule has 1 amide bonds. The summed E-state index contributed by atoms with van der Waals surface area (Å²) in [5.74, 6) is 0.317. The van der Waals surface area contributed by atoms with Gasteiger partial charge in [-0.05, 0) is 50.5 Å². The predicted octanol–water partition coefficient (Wildman–Crippen LogP) is 4.60. The van der Waals surface area contributed by atoms with E-state index in [4.69, 9.17) is 4.52 Å². The zero-order chi connectivity index (χ0) is 19.7. The first kappa shape index (κ1) is 18.3. The predicted molar refractivity (Wildman–Crippen MR) is 111 cm³/mol. The van der Waals surface area contributed by atoms with E-state index in [0.717, 1.165) is 42.0 Å². The molecule has 5 heteroatoms. The highest BCUT2D eigenvalue weighted by molar-refractivity contribution is 5.96. The summed E-state index contributed by atoms with van der Waals surface area (Å²) in [5.41, 5.74) is 6.27. The van der Waals surface area contributed by atoms with Crippen molar-refractivity contribution in [3.63, 3.8) is 0 Å². The summed E-state index contributed by atoms with van der Waals surface area (Å²) in [5, 5.41) is 7.09. The van der Waals surface area contributed by atoms with Crippen LogP contribution in [0.25, 0.3) is 0 Å². The molecule has 2 heterocycles. The van der Waals surface area contributed by atoms with E-state index in [-0.39, 0.29) is 11.8 Å². The second kappa shape index (κ2) is 7.50. The van der Waals surface area contributed by atoms with Crippen LogP contribution in [0.3, 0.4) is 0 Å². The summed E-state index contributed by atoms with van der Waals surface area (Å²) in [4.78, 5) is 15.3. The molecule has 0 saturated carbocycles. The molecule has 0 bridgehead atoms. The number of fused-ring (bicyclic) bond motifs is 1. The SMILES string of the molecule is Cc1noc(C)c1C(C)C(=O)Nc1ccccc1CN1CCc2ccccc21. The normalized spacial score (nSPS) is 14.0. The fourth-order valence-electron chi connectivity index (χ4n) is 4.04. The molecule has 28 heavy (non-hydrogen) atoms. The summed E-state index contributed by atoms with van der Waals surface area (Å²) in [6.07, 6.45) is 1.06. The maximum atomic E-state index is 12.9. The van der Waals surface area contributed by atoms with E-state index in [1.807, 2.05) is 39.0 Å². The van der Waals surface area contributed by atoms with E-state index in [1.165, 1.54) is 11.3 Å². The average Bonchev–Trinajstić information content (AvgIpc) is 3.26. The van der Waals surface area contributed by atoms with Gasteiger partial charge in [0, 0.05) is 30.0 Å². The Labute approximate surface area is 165 Å². The van der Waals surface area contributed by atoms with Gasteiger partial charge in [-0.1, -0.05) is 41.6 Å². The second-order valence-corrected chi connectivity index (χ2v) is 7.41. The van der Waals surface area contributed by atoms with Crippen LogP contribution in [-0.2, 0) is 17.8 Å². The number of para-hydroxylation sites is 2. The van der Waals surface area contributed by atoms with Gasteiger partial charge in [-0.2, -0.15) is 0 Å². The van der Waals surface area contributed by atoms with Crippen LogP contribution in [0.15, 0.2) is 53.1 Å². The van der Waals surface area contributed by atoms with Crippen LogP contribution in [-0.4, -0.2) is 17.6 Å². The summed E-state index contributed by atoms with van der Waals surface area (Å²) in [7, 11) is 0. The van der Waals surface area contributed by atoms with Gasteiger partial charge in [0.1, 0.15) is 5.76 Å². The Hall–Kier alpha value is -3.08. The maximum Gasteiger partial charge on any atom is 0.231 e. The number of aromatic nitrogens is 1. The van der Waals surface area contributed by atoms with Gasteiger partial charge in [-0.15, -0.1) is 0 Å². The number of aryl methyl sites for hydroxylation is 2. The standard InChI is InChI=1S/C23H25N3O2/c1-15(22-16(2)25-28-17(22)3)23(27)24-20-10-6-4-9-19(20)14-26-13-12-18-8-5-7-11-21(18)26/h4-11,15H,12-14H2,1-3H3,(H,24,27). The molecular formula is C23H25N3O2. The third-order valence-corrected chi connectivity index (χ3v) is 5.53. The molecule has 1 N–H and O–H groups in total. The molecule has 0 fully saturated rings. The number of rotatable bonds is 5. The Kier molecular flexibility index (Phi) is 4.90. The van der Waals surface area contributed by atoms with Crippen molar-refractivity contribution in [2.75, 3.05) is 16.8 Å². The molecule has 2 aromatic carbocycles. The first-order valence-electron chi connectivity index (χ1n) is 9.69. The number of anilines is 2. The zero-order valence-electron chi connectivity index (χ0n) is 16.5. The van der Waals surface area contributed by atoms with Crippen LogP contribution in [0.2, 0.25) is 0 Å². The van der Waals surface area contributed by atoms with Crippen molar-refractivity contribution in [2.45, 2.75) is 39.7 Å². The van der Waals surface area contributed by atoms with Crippen LogP contribution in [0.4, 0.5) is 11.4 Å². The van der Waals surface area contributed by atoms with Gasteiger partial charge in [-0.3, -0.25) is 4.79 Å². The lowest BCUT2D eigenvalue weighted by atomic mass is 9.98. The number of hydrogen-bond donors (Lipinski definition) is 1. The summed E-state index contributed by atoms with van der Waals surface area (Å²) in [6, 6.07) is 16.6. The third-order valence-electron chi connectivity index (χ3n) is 5.53. The fourth-order valence-corrected chi connectivity index (χ4v) is 4.04. The zero-order valence-corrected chi connectivity index (χ0v) is 16.5. The number of carbonyl (C=O) groups is 1. The number of carbonyl (C=O) groups excluding carboxylic acids is 1. The van der Waals surface area contributed by atoms with Crippen molar-refractivity contribution in [1.82, 2.24) is 5.16 Å². The smallest absolute Gasteiger partial charge is 0.231 e. The molecular weight excluding hydrogens is 350 g/mol. The van der Waals surface area contributed by atoms with E-state index in [2.05, 4.69) is 45.7 Å². The molecule has 1 aliphatic heterocycles. The van der Waals surface area contributed by atoms with Crippen LogP contribution in [0.5, 0.6) is 0 Å². The highest BCUT2D eigenvalue weighted by Gasteiger charge is 2.24. The summed E-state index contributed by atoms with van der Waals surface area (Å²) < 4.78 is 5.23. The molecule has 4 rings (SSSR count). The molecule has 1 unspecified atom stereocenters. The highest BCUT2D eigenvalue weighted by Crippen LogP contribution is 2.31. The van der Waals surface area contributed by atoms with Gasteiger partial charge >= 0.3 is 0 Å². The molecule has 0 aliphatic carbocycles. The van der Waals surface area contributed by atoms with Crippen LogP contribution in [0, 0.1) is 13.8 Å². The average molecular weight is 375 g/mol. The van der Waals surface area contributed by atoms with Gasteiger partial charge < -0.3 is 14.7 Å². The van der Waals surface area contributed by atoms with Gasteiger partial charge in [0.25, 0.3) is 0 Å². The largest absolute Gasteiger partial charge is 0.367 e. The summed E-state index contributed by atoms with van der Waals surface area (Å²) in [6.45, 7) is 7.37. The minimum absolute atomic E-state index is 0.0522. The number of nitrogens with zero attached hydrogens (tertiary/aromatic N) is 2. The lowest BCUT2D eigenvalue weighted by Gasteiger charge is -2.22. The molecule has 1 aromatic heterocycles. The van der Waals surface area contributed by atoms with E-state index in [0.29, 0.717) is 5.76 Å². The number of amides is 1. The van der Waals surface area contributed by atoms with Crippen molar-refractivity contribution in [3.05, 3.63) is 76.7 Å². The van der Waals surface area contributed by atoms with E-state index in [9.17, 15) is 4.79 Å². The fraction of sp³-hybridized carbons (Fsp3) is 0.304. The monoisotopic (exact) mass is 375 g/mol. The van der Waals surface area contributed by atoms with Crippen molar-refractivity contribution in [2.24, 2.45) is 0 Å². The second-order valence-electron chi connectivity index (χ2n) is 7.41.